The highest BCUT2D eigenvalue weighted by Crippen LogP contribution is 2.37. The molecule has 1 aromatic carbocycles. The van der Waals surface area contributed by atoms with Gasteiger partial charge in [-0.1, -0.05) is 12.1 Å². The van der Waals surface area contributed by atoms with E-state index in [1.54, 1.807) is 23.8 Å². The van der Waals surface area contributed by atoms with Gasteiger partial charge in [0.2, 0.25) is 0 Å². The first-order valence-corrected chi connectivity index (χ1v) is 8.85. The van der Waals surface area contributed by atoms with Gasteiger partial charge in [-0.15, -0.1) is 11.3 Å². The predicted octanol–water partition coefficient (Wildman–Crippen LogP) is 2.64. The number of carbonyl (C=O) groups excluding carboxylic acids is 1. The Kier molecular flexibility index (Phi) is 4.15. The molecule has 1 aliphatic heterocycles. The minimum absolute atomic E-state index is 0.108. The smallest absolute Gasteiger partial charge is 0.270 e. The number of fused-ring (bicyclic) bond motifs is 1. The number of nitrogens with one attached hydrogen (secondary N) is 1. The third kappa shape index (κ3) is 3.23. The number of rotatable bonds is 4. The molecule has 7 heteroatoms. The summed E-state index contributed by atoms with van der Waals surface area (Å²) in [6, 6.07) is 7.75. The molecule has 0 fully saturated rings. The zero-order valence-electron chi connectivity index (χ0n) is 13.6. The highest BCUT2D eigenvalue weighted by Gasteiger charge is 2.27. The summed E-state index contributed by atoms with van der Waals surface area (Å²) >= 11 is 1.46. The topological polar surface area (TPSA) is 77.0 Å². The Morgan fingerprint density at radius 1 is 1.32 bits per heavy atom. The first kappa shape index (κ1) is 15.7. The first-order chi connectivity index (χ1) is 12.2. The van der Waals surface area contributed by atoms with Crippen LogP contribution in [0, 0.1) is 6.92 Å². The van der Waals surface area contributed by atoms with Crippen LogP contribution in [0.3, 0.4) is 0 Å². The SMILES string of the molecule is Cc1nc(C(=O)NCC2Cc3cccc(-c4ncccn4)c3O2)cs1. The molecule has 0 spiro atoms. The van der Waals surface area contributed by atoms with Crippen molar-refractivity contribution in [2.24, 2.45) is 0 Å². The molecule has 0 radical (unpaired) electrons. The minimum atomic E-state index is -0.171. The number of aryl methyl sites for hydroxylation is 1. The lowest BCUT2D eigenvalue weighted by atomic mass is 10.1. The van der Waals surface area contributed by atoms with Crippen LogP contribution >= 0.6 is 11.3 Å². The fraction of sp³-hybridized carbons (Fsp3) is 0.222. The van der Waals surface area contributed by atoms with Crippen molar-refractivity contribution in [1.29, 1.82) is 0 Å². The van der Waals surface area contributed by atoms with Gasteiger partial charge in [0.1, 0.15) is 17.5 Å². The van der Waals surface area contributed by atoms with Crippen molar-refractivity contribution >= 4 is 17.2 Å². The monoisotopic (exact) mass is 352 g/mol. The first-order valence-electron chi connectivity index (χ1n) is 7.97. The quantitative estimate of drug-likeness (QED) is 0.781. The van der Waals surface area contributed by atoms with E-state index in [1.807, 2.05) is 25.1 Å². The van der Waals surface area contributed by atoms with E-state index in [-0.39, 0.29) is 12.0 Å². The summed E-state index contributed by atoms with van der Waals surface area (Å²) in [6.07, 6.45) is 4.06. The lowest BCUT2D eigenvalue weighted by molar-refractivity contribution is 0.0929. The maximum Gasteiger partial charge on any atom is 0.270 e. The average molecular weight is 352 g/mol. The van der Waals surface area contributed by atoms with E-state index in [2.05, 4.69) is 20.3 Å². The minimum Gasteiger partial charge on any atom is -0.487 e. The van der Waals surface area contributed by atoms with E-state index in [9.17, 15) is 4.79 Å². The summed E-state index contributed by atoms with van der Waals surface area (Å²) in [5, 5.41) is 5.54. The number of para-hydroxylation sites is 1. The van der Waals surface area contributed by atoms with E-state index >= 15 is 0 Å². The molecule has 2 aromatic heterocycles. The molecule has 0 saturated carbocycles. The lowest BCUT2D eigenvalue weighted by Gasteiger charge is -2.12. The third-order valence-corrected chi connectivity index (χ3v) is 4.75. The Hall–Kier alpha value is -2.80. The van der Waals surface area contributed by atoms with Gasteiger partial charge in [-0.05, 0) is 24.6 Å². The number of amides is 1. The molecule has 3 heterocycles. The van der Waals surface area contributed by atoms with Crippen molar-refractivity contribution in [2.45, 2.75) is 19.4 Å². The molecular formula is C18H16N4O2S. The number of benzene rings is 1. The van der Waals surface area contributed by atoms with Crippen molar-refractivity contribution < 1.29 is 9.53 Å². The highest BCUT2D eigenvalue weighted by molar-refractivity contribution is 7.09. The Morgan fingerprint density at radius 3 is 2.92 bits per heavy atom. The Labute approximate surface area is 148 Å². The van der Waals surface area contributed by atoms with Gasteiger partial charge in [0.15, 0.2) is 5.82 Å². The normalized spacial score (nSPS) is 15.5. The number of aromatic nitrogens is 3. The van der Waals surface area contributed by atoms with E-state index in [0.717, 1.165) is 28.3 Å². The lowest BCUT2D eigenvalue weighted by Crippen LogP contribution is -2.34. The van der Waals surface area contributed by atoms with Crippen LogP contribution in [-0.4, -0.2) is 33.5 Å². The molecule has 25 heavy (non-hydrogen) atoms. The number of nitrogens with zero attached hydrogens (tertiary/aromatic N) is 3. The van der Waals surface area contributed by atoms with Crippen LogP contribution in [-0.2, 0) is 6.42 Å². The Bertz CT molecular complexity index is 910. The molecule has 1 N–H and O–H groups in total. The van der Waals surface area contributed by atoms with Crippen molar-refractivity contribution in [3.63, 3.8) is 0 Å². The summed E-state index contributed by atoms with van der Waals surface area (Å²) in [6.45, 7) is 2.31. The van der Waals surface area contributed by atoms with Crippen LogP contribution in [0.1, 0.15) is 21.1 Å². The van der Waals surface area contributed by atoms with Gasteiger partial charge < -0.3 is 10.1 Å². The van der Waals surface area contributed by atoms with Crippen LogP contribution in [0.5, 0.6) is 5.75 Å². The van der Waals surface area contributed by atoms with Gasteiger partial charge >= 0.3 is 0 Å². The summed E-state index contributed by atoms with van der Waals surface area (Å²) in [4.78, 5) is 24.9. The van der Waals surface area contributed by atoms with Crippen LogP contribution in [0.25, 0.3) is 11.4 Å². The van der Waals surface area contributed by atoms with E-state index < -0.39 is 0 Å². The van der Waals surface area contributed by atoms with Crippen molar-refractivity contribution in [3.8, 4) is 17.1 Å². The Balaban J connectivity index is 1.46. The Morgan fingerprint density at radius 2 is 2.16 bits per heavy atom. The number of thiazole rings is 1. The molecule has 1 amide bonds. The summed E-state index contributed by atoms with van der Waals surface area (Å²) in [5.41, 5.74) is 2.44. The maximum atomic E-state index is 12.1. The van der Waals surface area contributed by atoms with Crippen molar-refractivity contribution in [1.82, 2.24) is 20.3 Å². The number of carbonyl (C=O) groups is 1. The molecule has 1 aliphatic rings. The van der Waals surface area contributed by atoms with E-state index in [0.29, 0.717) is 18.1 Å². The molecule has 1 unspecified atom stereocenters. The van der Waals surface area contributed by atoms with E-state index in [4.69, 9.17) is 4.74 Å². The number of ether oxygens (including phenoxy) is 1. The van der Waals surface area contributed by atoms with Gasteiger partial charge in [0, 0.05) is 24.2 Å². The zero-order chi connectivity index (χ0) is 17.2. The number of hydrogen-bond acceptors (Lipinski definition) is 6. The van der Waals surface area contributed by atoms with Gasteiger partial charge in [0.25, 0.3) is 5.91 Å². The molecule has 6 nitrogen and oxygen atoms in total. The predicted molar refractivity (Wildman–Crippen MR) is 94.8 cm³/mol. The standard InChI is InChI=1S/C18H16N4O2S/c1-11-22-15(10-25-11)18(23)21-9-13-8-12-4-2-5-14(16(12)24-13)17-19-6-3-7-20-17/h2-7,10,13H,8-9H2,1H3,(H,21,23). The van der Waals surface area contributed by atoms with Gasteiger partial charge in [0.05, 0.1) is 17.1 Å². The number of hydrogen-bond donors (Lipinski definition) is 1. The summed E-state index contributed by atoms with van der Waals surface area (Å²) < 4.78 is 6.07. The fourth-order valence-corrected chi connectivity index (χ4v) is 3.42. The van der Waals surface area contributed by atoms with Gasteiger partial charge in [-0.25, -0.2) is 15.0 Å². The second-order valence-corrected chi connectivity index (χ2v) is 6.83. The molecule has 126 valence electrons. The molecule has 1 atom stereocenters. The summed E-state index contributed by atoms with van der Waals surface area (Å²) in [5.74, 6) is 1.27. The second kappa shape index (κ2) is 6.60. The molecule has 0 saturated heterocycles. The molecular weight excluding hydrogens is 336 g/mol. The van der Waals surface area contributed by atoms with Crippen LogP contribution in [0.4, 0.5) is 0 Å². The fourth-order valence-electron chi connectivity index (χ4n) is 2.83. The van der Waals surface area contributed by atoms with E-state index in [1.165, 1.54) is 11.3 Å². The van der Waals surface area contributed by atoms with Crippen LogP contribution in [0.2, 0.25) is 0 Å². The third-order valence-electron chi connectivity index (χ3n) is 3.98. The molecule has 0 bridgehead atoms. The van der Waals surface area contributed by atoms with Crippen molar-refractivity contribution in [2.75, 3.05) is 6.54 Å². The molecule has 0 aliphatic carbocycles. The summed E-state index contributed by atoms with van der Waals surface area (Å²) in [7, 11) is 0. The average Bonchev–Trinajstić information content (AvgIpc) is 3.26. The zero-order valence-corrected chi connectivity index (χ0v) is 14.4. The van der Waals surface area contributed by atoms with Gasteiger partial charge in [-0.3, -0.25) is 4.79 Å². The molecule has 4 rings (SSSR count). The van der Waals surface area contributed by atoms with Crippen LogP contribution < -0.4 is 10.1 Å². The second-order valence-electron chi connectivity index (χ2n) is 5.77. The van der Waals surface area contributed by atoms with Crippen molar-refractivity contribution in [3.05, 3.63) is 58.3 Å². The maximum absolute atomic E-state index is 12.1. The largest absolute Gasteiger partial charge is 0.487 e. The van der Waals surface area contributed by atoms with Crippen LogP contribution in [0.15, 0.2) is 42.0 Å². The highest BCUT2D eigenvalue weighted by atomic mass is 32.1. The van der Waals surface area contributed by atoms with Gasteiger partial charge in [-0.2, -0.15) is 0 Å². The molecule has 3 aromatic rings.